The molecule has 0 radical (unpaired) electrons. The molecule has 5 heteroatoms. The molecule has 1 aromatic carbocycles. The molecular formula is C14H15BrN2O2. The maximum Gasteiger partial charge on any atom is 0.171 e. The third kappa shape index (κ3) is 2.36. The predicted molar refractivity (Wildman–Crippen MR) is 74.9 cm³/mol. The molecule has 0 aromatic heterocycles. The summed E-state index contributed by atoms with van der Waals surface area (Å²) in [6.45, 7) is 3.09. The number of nitriles is 1. The minimum Gasteiger partial charge on any atom is -0.370 e. The highest BCUT2D eigenvalue weighted by Gasteiger charge is 2.40. The molecule has 0 atom stereocenters. The van der Waals surface area contributed by atoms with E-state index in [1.807, 2.05) is 18.2 Å². The first-order valence-electron chi connectivity index (χ1n) is 6.46. The molecule has 1 spiro atoms. The van der Waals surface area contributed by atoms with Crippen molar-refractivity contribution in [3.8, 4) is 6.07 Å². The molecule has 0 aliphatic carbocycles. The van der Waals surface area contributed by atoms with Crippen molar-refractivity contribution in [3.05, 3.63) is 28.2 Å². The monoisotopic (exact) mass is 322 g/mol. The molecule has 0 saturated carbocycles. The van der Waals surface area contributed by atoms with Crippen molar-refractivity contribution in [1.29, 1.82) is 5.26 Å². The van der Waals surface area contributed by atoms with Gasteiger partial charge in [-0.2, -0.15) is 5.26 Å². The normalized spacial score (nSPS) is 21.6. The third-order valence-corrected chi connectivity index (χ3v) is 4.44. The first-order valence-corrected chi connectivity index (χ1v) is 7.25. The average molecular weight is 323 g/mol. The zero-order valence-corrected chi connectivity index (χ0v) is 12.1. The lowest BCUT2D eigenvalue weighted by Crippen LogP contribution is -2.45. The molecule has 2 aliphatic heterocycles. The van der Waals surface area contributed by atoms with Crippen LogP contribution >= 0.6 is 15.9 Å². The first kappa shape index (κ1) is 12.9. The molecule has 100 valence electrons. The Morgan fingerprint density at radius 2 is 1.89 bits per heavy atom. The van der Waals surface area contributed by atoms with Gasteiger partial charge in [0.2, 0.25) is 0 Å². The van der Waals surface area contributed by atoms with Gasteiger partial charge in [-0.1, -0.05) is 6.07 Å². The smallest absolute Gasteiger partial charge is 0.171 e. The largest absolute Gasteiger partial charge is 0.370 e. The number of piperidine rings is 1. The minimum atomic E-state index is -0.366. The Hall–Kier alpha value is -1.09. The van der Waals surface area contributed by atoms with E-state index in [9.17, 15) is 5.26 Å². The van der Waals surface area contributed by atoms with E-state index < -0.39 is 0 Å². The van der Waals surface area contributed by atoms with Crippen LogP contribution in [0.15, 0.2) is 22.7 Å². The van der Waals surface area contributed by atoms with Crippen LogP contribution < -0.4 is 4.90 Å². The van der Waals surface area contributed by atoms with Crippen LogP contribution in [0.25, 0.3) is 0 Å². The van der Waals surface area contributed by atoms with Crippen LogP contribution in [0.5, 0.6) is 0 Å². The summed E-state index contributed by atoms with van der Waals surface area (Å²) in [4.78, 5) is 2.24. The van der Waals surface area contributed by atoms with Gasteiger partial charge in [0.1, 0.15) is 6.07 Å². The van der Waals surface area contributed by atoms with Crippen molar-refractivity contribution in [1.82, 2.24) is 0 Å². The number of rotatable bonds is 1. The molecule has 0 amide bonds. The fraction of sp³-hybridized carbons (Fsp3) is 0.500. The van der Waals surface area contributed by atoms with E-state index >= 15 is 0 Å². The maximum atomic E-state index is 9.28. The first-order chi connectivity index (χ1) is 9.24. The van der Waals surface area contributed by atoms with Gasteiger partial charge in [-0.05, 0) is 28.1 Å². The second-order valence-corrected chi connectivity index (χ2v) is 5.69. The summed E-state index contributed by atoms with van der Waals surface area (Å²) in [5.74, 6) is -0.366. The lowest BCUT2D eigenvalue weighted by molar-refractivity contribution is -0.169. The zero-order valence-electron chi connectivity index (χ0n) is 10.6. The van der Waals surface area contributed by atoms with Crippen LogP contribution in [-0.2, 0) is 9.47 Å². The summed E-state index contributed by atoms with van der Waals surface area (Å²) in [5, 5.41) is 9.28. The van der Waals surface area contributed by atoms with Crippen LogP contribution in [0.1, 0.15) is 18.4 Å². The predicted octanol–water partition coefficient (Wildman–Crippen LogP) is 2.66. The SMILES string of the molecule is N#Cc1c(Br)cccc1N1CCC2(CC1)OCCO2. The van der Waals surface area contributed by atoms with Crippen LogP contribution in [-0.4, -0.2) is 32.1 Å². The molecule has 4 nitrogen and oxygen atoms in total. The van der Waals surface area contributed by atoms with E-state index in [4.69, 9.17) is 9.47 Å². The quantitative estimate of drug-likeness (QED) is 0.797. The Labute approximate surface area is 121 Å². The lowest BCUT2D eigenvalue weighted by atomic mass is 10.0. The maximum absolute atomic E-state index is 9.28. The van der Waals surface area contributed by atoms with E-state index in [-0.39, 0.29) is 5.79 Å². The average Bonchev–Trinajstić information content (AvgIpc) is 2.88. The van der Waals surface area contributed by atoms with E-state index in [0.717, 1.165) is 36.1 Å². The highest BCUT2D eigenvalue weighted by Crippen LogP contribution is 2.35. The van der Waals surface area contributed by atoms with Crippen LogP contribution in [0.2, 0.25) is 0 Å². The van der Waals surface area contributed by atoms with Gasteiger partial charge >= 0.3 is 0 Å². The van der Waals surface area contributed by atoms with E-state index in [0.29, 0.717) is 18.8 Å². The fourth-order valence-corrected chi connectivity index (χ4v) is 3.21. The number of hydrogen-bond acceptors (Lipinski definition) is 4. The number of ether oxygens (including phenoxy) is 2. The molecule has 2 saturated heterocycles. The highest BCUT2D eigenvalue weighted by molar-refractivity contribution is 9.10. The van der Waals surface area contributed by atoms with E-state index in [1.165, 1.54) is 0 Å². The van der Waals surface area contributed by atoms with Gasteiger partial charge in [0, 0.05) is 30.4 Å². The van der Waals surface area contributed by atoms with Gasteiger partial charge in [0.25, 0.3) is 0 Å². The Kier molecular flexibility index (Phi) is 3.48. The molecule has 1 aromatic rings. The molecule has 19 heavy (non-hydrogen) atoms. The third-order valence-electron chi connectivity index (χ3n) is 3.78. The van der Waals surface area contributed by atoms with Gasteiger partial charge in [0.05, 0.1) is 24.5 Å². The minimum absolute atomic E-state index is 0.366. The molecule has 0 bridgehead atoms. The van der Waals surface area contributed by atoms with Crippen molar-refractivity contribution >= 4 is 21.6 Å². The van der Waals surface area contributed by atoms with Gasteiger partial charge < -0.3 is 14.4 Å². The van der Waals surface area contributed by atoms with Crippen LogP contribution in [0, 0.1) is 11.3 Å². The van der Waals surface area contributed by atoms with E-state index in [2.05, 4.69) is 26.9 Å². The standard InChI is InChI=1S/C14H15BrN2O2/c15-12-2-1-3-13(11(12)10-16)17-6-4-14(5-7-17)18-8-9-19-14/h1-3H,4-9H2. The molecular weight excluding hydrogens is 308 g/mol. The van der Waals surface area contributed by atoms with Crippen molar-refractivity contribution in [2.75, 3.05) is 31.2 Å². The van der Waals surface area contributed by atoms with Crippen LogP contribution in [0.3, 0.4) is 0 Å². The second-order valence-electron chi connectivity index (χ2n) is 4.84. The van der Waals surface area contributed by atoms with E-state index in [1.54, 1.807) is 0 Å². The molecule has 2 heterocycles. The van der Waals surface area contributed by atoms with Crippen molar-refractivity contribution in [2.24, 2.45) is 0 Å². The topological polar surface area (TPSA) is 45.5 Å². The van der Waals surface area contributed by atoms with Gasteiger partial charge in [-0.25, -0.2) is 0 Å². The molecule has 2 fully saturated rings. The number of halogens is 1. The van der Waals surface area contributed by atoms with Gasteiger partial charge in [-0.15, -0.1) is 0 Å². The molecule has 0 N–H and O–H groups in total. The molecule has 2 aliphatic rings. The Morgan fingerprint density at radius 3 is 2.53 bits per heavy atom. The summed E-state index contributed by atoms with van der Waals surface area (Å²) in [6.07, 6.45) is 1.70. The van der Waals surface area contributed by atoms with Crippen molar-refractivity contribution in [3.63, 3.8) is 0 Å². The molecule has 3 rings (SSSR count). The highest BCUT2D eigenvalue weighted by atomic mass is 79.9. The summed E-state index contributed by atoms with van der Waals surface area (Å²) in [6, 6.07) is 8.13. The summed E-state index contributed by atoms with van der Waals surface area (Å²) >= 11 is 3.44. The van der Waals surface area contributed by atoms with Gasteiger partial charge in [0.15, 0.2) is 5.79 Å². The van der Waals surface area contributed by atoms with Crippen molar-refractivity contribution < 1.29 is 9.47 Å². The second kappa shape index (κ2) is 5.12. The summed E-state index contributed by atoms with van der Waals surface area (Å²) in [5.41, 5.74) is 1.69. The Bertz CT molecular complexity index is 511. The summed E-state index contributed by atoms with van der Waals surface area (Å²) < 4.78 is 12.3. The summed E-state index contributed by atoms with van der Waals surface area (Å²) in [7, 11) is 0. The van der Waals surface area contributed by atoms with Crippen molar-refractivity contribution in [2.45, 2.75) is 18.6 Å². The Balaban J connectivity index is 1.79. The lowest BCUT2D eigenvalue weighted by Gasteiger charge is -2.39. The zero-order chi connectivity index (χ0) is 13.3. The number of anilines is 1. The number of hydrogen-bond donors (Lipinski definition) is 0. The Morgan fingerprint density at radius 1 is 1.21 bits per heavy atom. The number of nitrogens with zero attached hydrogens (tertiary/aromatic N) is 2. The van der Waals surface area contributed by atoms with Gasteiger partial charge in [-0.3, -0.25) is 0 Å². The fourth-order valence-electron chi connectivity index (χ4n) is 2.76. The number of benzene rings is 1. The van der Waals surface area contributed by atoms with Crippen LogP contribution in [0.4, 0.5) is 5.69 Å². The molecule has 0 unspecified atom stereocenters.